The van der Waals surface area contributed by atoms with Gasteiger partial charge in [-0.05, 0) is 59.0 Å². The van der Waals surface area contributed by atoms with E-state index in [0.717, 1.165) is 10.2 Å². The average Bonchev–Trinajstić information content (AvgIpc) is 2.69. The van der Waals surface area contributed by atoms with Crippen molar-refractivity contribution >= 4 is 27.3 Å². The number of hydrogen-bond donors (Lipinski definition) is 1. The Balaban J connectivity index is 2.32. The minimum absolute atomic E-state index is 0.179. The molecule has 16 heavy (non-hydrogen) atoms. The lowest BCUT2D eigenvalue weighted by molar-refractivity contribution is 0.672. The lowest BCUT2D eigenvalue weighted by Gasteiger charge is -2.14. The van der Waals surface area contributed by atoms with Crippen LogP contribution >= 0.6 is 27.3 Å². The standard InChI is InChI=1S/C12H13BrN2S/c1-8-5-9(7-16-8)12(14-2)11-4-3-10(13)6-15-11/h3-7,12,14H,1-2H3. The van der Waals surface area contributed by atoms with Crippen molar-refractivity contribution < 1.29 is 0 Å². The van der Waals surface area contributed by atoms with E-state index in [9.17, 15) is 0 Å². The number of hydrogen-bond acceptors (Lipinski definition) is 3. The third kappa shape index (κ3) is 2.51. The van der Waals surface area contributed by atoms with Gasteiger partial charge in [0.1, 0.15) is 0 Å². The van der Waals surface area contributed by atoms with Gasteiger partial charge in [0.25, 0.3) is 0 Å². The minimum Gasteiger partial charge on any atom is -0.308 e. The third-order valence-electron chi connectivity index (χ3n) is 2.42. The zero-order valence-electron chi connectivity index (χ0n) is 9.20. The topological polar surface area (TPSA) is 24.9 Å². The fourth-order valence-corrected chi connectivity index (χ4v) is 2.62. The Bertz CT molecular complexity index is 464. The van der Waals surface area contributed by atoms with Crippen molar-refractivity contribution in [3.05, 3.63) is 50.4 Å². The molecular formula is C12H13BrN2S. The van der Waals surface area contributed by atoms with Gasteiger partial charge in [-0.25, -0.2) is 0 Å². The molecule has 1 N–H and O–H groups in total. The van der Waals surface area contributed by atoms with Crippen LogP contribution in [0.3, 0.4) is 0 Å². The molecule has 1 unspecified atom stereocenters. The maximum atomic E-state index is 4.43. The summed E-state index contributed by atoms with van der Waals surface area (Å²) < 4.78 is 1.01. The summed E-state index contributed by atoms with van der Waals surface area (Å²) in [4.78, 5) is 5.76. The molecule has 1 atom stereocenters. The van der Waals surface area contributed by atoms with Gasteiger partial charge in [0.05, 0.1) is 11.7 Å². The Morgan fingerprint density at radius 2 is 2.25 bits per heavy atom. The molecule has 0 spiro atoms. The lowest BCUT2D eigenvalue weighted by atomic mass is 10.1. The molecule has 0 saturated carbocycles. The Kier molecular flexibility index (Phi) is 3.74. The summed E-state index contributed by atoms with van der Waals surface area (Å²) in [6.45, 7) is 2.12. The monoisotopic (exact) mass is 296 g/mol. The molecule has 0 amide bonds. The maximum Gasteiger partial charge on any atom is 0.0757 e. The quantitative estimate of drug-likeness (QED) is 0.937. The van der Waals surface area contributed by atoms with E-state index in [1.807, 2.05) is 25.4 Å². The van der Waals surface area contributed by atoms with E-state index in [1.165, 1.54) is 10.4 Å². The summed E-state index contributed by atoms with van der Waals surface area (Å²) >= 11 is 5.16. The normalized spacial score (nSPS) is 12.7. The second-order valence-corrected chi connectivity index (χ2v) is 5.64. The fourth-order valence-electron chi connectivity index (χ4n) is 1.66. The highest BCUT2D eigenvalue weighted by Gasteiger charge is 2.14. The highest BCUT2D eigenvalue weighted by Crippen LogP contribution is 2.25. The van der Waals surface area contributed by atoms with Crippen LogP contribution in [0.15, 0.2) is 34.2 Å². The minimum atomic E-state index is 0.179. The summed E-state index contributed by atoms with van der Waals surface area (Å²) in [5.41, 5.74) is 2.32. The maximum absolute atomic E-state index is 4.43. The molecule has 2 rings (SSSR count). The van der Waals surface area contributed by atoms with Crippen LogP contribution in [0.2, 0.25) is 0 Å². The molecule has 0 saturated heterocycles. The molecule has 0 radical (unpaired) electrons. The Morgan fingerprint density at radius 3 is 2.75 bits per heavy atom. The zero-order valence-corrected chi connectivity index (χ0v) is 11.6. The van der Waals surface area contributed by atoms with Gasteiger partial charge in [0.2, 0.25) is 0 Å². The molecule has 0 aliphatic heterocycles. The molecule has 2 nitrogen and oxygen atoms in total. The van der Waals surface area contributed by atoms with E-state index in [2.05, 4.69) is 44.6 Å². The first-order valence-corrected chi connectivity index (χ1v) is 6.71. The van der Waals surface area contributed by atoms with Crippen molar-refractivity contribution in [2.75, 3.05) is 7.05 Å². The van der Waals surface area contributed by atoms with Crippen LogP contribution in [0.1, 0.15) is 22.2 Å². The second kappa shape index (κ2) is 5.08. The van der Waals surface area contributed by atoms with E-state index in [-0.39, 0.29) is 6.04 Å². The van der Waals surface area contributed by atoms with Crippen LogP contribution in [0.25, 0.3) is 0 Å². The first kappa shape index (κ1) is 11.8. The molecule has 2 aromatic rings. The van der Waals surface area contributed by atoms with Crippen LogP contribution in [0, 0.1) is 6.92 Å². The number of pyridine rings is 1. The van der Waals surface area contributed by atoms with Gasteiger partial charge in [0.15, 0.2) is 0 Å². The van der Waals surface area contributed by atoms with Crippen LogP contribution in [-0.2, 0) is 0 Å². The third-order valence-corrected chi connectivity index (χ3v) is 3.77. The molecule has 84 valence electrons. The Morgan fingerprint density at radius 1 is 1.44 bits per heavy atom. The predicted octanol–water partition coefficient (Wildman–Crippen LogP) is 3.52. The highest BCUT2D eigenvalue weighted by atomic mass is 79.9. The summed E-state index contributed by atoms with van der Waals surface area (Å²) in [5, 5.41) is 5.48. The van der Waals surface area contributed by atoms with Gasteiger partial charge in [-0.2, -0.15) is 0 Å². The molecule has 0 aliphatic carbocycles. The highest BCUT2D eigenvalue weighted by molar-refractivity contribution is 9.10. The molecule has 4 heteroatoms. The number of aromatic nitrogens is 1. The van der Waals surface area contributed by atoms with Crippen LogP contribution in [0.4, 0.5) is 0 Å². The summed E-state index contributed by atoms with van der Waals surface area (Å²) in [6, 6.07) is 6.44. The van der Waals surface area contributed by atoms with E-state index in [1.54, 1.807) is 11.3 Å². The fraction of sp³-hybridized carbons (Fsp3) is 0.250. The number of halogens is 1. The van der Waals surface area contributed by atoms with E-state index in [4.69, 9.17) is 0 Å². The Hall–Kier alpha value is -0.710. The van der Waals surface area contributed by atoms with E-state index >= 15 is 0 Å². The van der Waals surface area contributed by atoms with Gasteiger partial charge in [0, 0.05) is 15.5 Å². The Labute approximate surface area is 108 Å². The van der Waals surface area contributed by atoms with Crippen LogP contribution in [0.5, 0.6) is 0 Å². The molecular weight excluding hydrogens is 284 g/mol. The molecule has 2 aromatic heterocycles. The molecule has 0 aliphatic rings. The first-order chi connectivity index (χ1) is 7.70. The van der Waals surface area contributed by atoms with Crippen LogP contribution in [-0.4, -0.2) is 12.0 Å². The number of thiophene rings is 1. The van der Waals surface area contributed by atoms with Crippen molar-refractivity contribution in [3.8, 4) is 0 Å². The summed E-state index contributed by atoms with van der Waals surface area (Å²) in [7, 11) is 1.96. The van der Waals surface area contributed by atoms with Crippen molar-refractivity contribution in [1.29, 1.82) is 0 Å². The van der Waals surface area contributed by atoms with E-state index in [0.29, 0.717) is 0 Å². The van der Waals surface area contributed by atoms with Crippen molar-refractivity contribution in [1.82, 2.24) is 10.3 Å². The zero-order chi connectivity index (χ0) is 11.5. The van der Waals surface area contributed by atoms with Crippen molar-refractivity contribution in [2.24, 2.45) is 0 Å². The average molecular weight is 297 g/mol. The number of nitrogens with zero attached hydrogens (tertiary/aromatic N) is 1. The molecule has 0 bridgehead atoms. The number of rotatable bonds is 3. The largest absolute Gasteiger partial charge is 0.308 e. The second-order valence-electron chi connectivity index (χ2n) is 3.61. The van der Waals surface area contributed by atoms with Gasteiger partial charge in [-0.3, -0.25) is 4.98 Å². The van der Waals surface area contributed by atoms with Crippen LogP contribution < -0.4 is 5.32 Å². The van der Waals surface area contributed by atoms with Crippen molar-refractivity contribution in [3.63, 3.8) is 0 Å². The van der Waals surface area contributed by atoms with Gasteiger partial charge in [-0.1, -0.05) is 0 Å². The van der Waals surface area contributed by atoms with Gasteiger partial charge >= 0.3 is 0 Å². The summed E-state index contributed by atoms with van der Waals surface area (Å²) in [6.07, 6.45) is 1.83. The van der Waals surface area contributed by atoms with E-state index < -0.39 is 0 Å². The predicted molar refractivity (Wildman–Crippen MR) is 71.9 cm³/mol. The van der Waals surface area contributed by atoms with Gasteiger partial charge < -0.3 is 5.32 Å². The number of aryl methyl sites for hydroxylation is 1. The summed E-state index contributed by atoms with van der Waals surface area (Å²) in [5.74, 6) is 0. The smallest absolute Gasteiger partial charge is 0.0757 e. The molecule has 0 fully saturated rings. The first-order valence-electron chi connectivity index (χ1n) is 5.04. The lowest BCUT2D eigenvalue weighted by Crippen LogP contribution is -2.18. The van der Waals surface area contributed by atoms with Gasteiger partial charge in [-0.15, -0.1) is 11.3 Å². The SMILES string of the molecule is CNC(c1csc(C)c1)c1ccc(Br)cn1. The van der Waals surface area contributed by atoms with Crippen molar-refractivity contribution in [2.45, 2.75) is 13.0 Å². The molecule has 2 heterocycles. The number of nitrogens with one attached hydrogen (secondary N) is 1. The molecule has 0 aromatic carbocycles.